The number of aldehydes is 2. The number of carbonyl (C=O) groups is 2. The van der Waals surface area contributed by atoms with E-state index in [1.807, 2.05) is 0 Å². The van der Waals surface area contributed by atoms with Crippen LogP contribution in [0.25, 0.3) is 11.3 Å². The summed E-state index contributed by atoms with van der Waals surface area (Å²) in [4.78, 5) is 28.6. The Labute approximate surface area is 180 Å². The molecular formula is C18H18BBrN4O6. The van der Waals surface area contributed by atoms with Gasteiger partial charge in [-0.25, -0.2) is 9.97 Å². The quantitative estimate of drug-likeness (QED) is 0.333. The molecule has 0 bridgehead atoms. The van der Waals surface area contributed by atoms with Gasteiger partial charge in [0.2, 0.25) is 0 Å². The first-order valence-electron chi connectivity index (χ1n) is 8.39. The van der Waals surface area contributed by atoms with Gasteiger partial charge in [0.1, 0.15) is 4.60 Å². The molecule has 10 nitrogen and oxygen atoms in total. The molecule has 4 rings (SSSR count). The highest BCUT2D eigenvalue weighted by Gasteiger charge is 2.10. The maximum absolute atomic E-state index is 10.5. The molecule has 30 heavy (non-hydrogen) atoms. The van der Waals surface area contributed by atoms with Crippen LogP contribution >= 0.6 is 15.9 Å². The van der Waals surface area contributed by atoms with Crippen LogP contribution < -0.4 is 5.46 Å². The van der Waals surface area contributed by atoms with E-state index in [9.17, 15) is 9.59 Å². The summed E-state index contributed by atoms with van der Waals surface area (Å²) in [6.45, 7) is 0. The molecule has 0 amide bonds. The average molecular weight is 477 g/mol. The van der Waals surface area contributed by atoms with Crippen molar-refractivity contribution >= 4 is 41.1 Å². The number of hydrogen-bond acceptors (Lipinski definition) is 8. The Hall–Kier alpha value is -3.22. The van der Waals surface area contributed by atoms with Crippen molar-refractivity contribution < 1.29 is 28.5 Å². The Morgan fingerprint density at radius 1 is 0.967 bits per heavy atom. The van der Waals surface area contributed by atoms with Crippen LogP contribution in [0.2, 0.25) is 0 Å². The molecule has 0 radical (unpaired) electrons. The number of rotatable bonds is 4. The van der Waals surface area contributed by atoms with Crippen LogP contribution in [-0.2, 0) is 14.1 Å². The van der Waals surface area contributed by atoms with Gasteiger partial charge in [-0.1, -0.05) is 0 Å². The van der Waals surface area contributed by atoms with Crippen molar-refractivity contribution in [3.63, 3.8) is 0 Å². The fourth-order valence-corrected chi connectivity index (χ4v) is 2.60. The molecule has 0 aliphatic rings. The Balaban J connectivity index is 0.000000167. The Morgan fingerprint density at radius 3 is 1.93 bits per heavy atom. The molecule has 0 aliphatic carbocycles. The average Bonchev–Trinajstić information content (AvgIpc) is 3.50. The van der Waals surface area contributed by atoms with E-state index in [0.29, 0.717) is 28.0 Å². The van der Waals surface area contributed by atoms with E-state index in [4.69, 9.17) is 14.5 Å². The molecule has 0 atom stereocenters. The number of nitrogens with zero attached hydrogens (tertiary/aromatic N) is 4. The standard InChI is InChI=1S/C9H8N2O2.C5H5BrN2O.C4H5BO3/c1-11-4-8(10-9(11)5-12)7-2-3-13-6-7;1-8-2-4(6)7-5(8)3-9;6-5(7)4-1-2-8-3-4/h2-6H,1H3;2-3H,1H3;1-3,6-7H. The topological polar surface area (TPSA) is 137 Å². The number of carbonyl (C=O) groups excluding carboxylic acids is 2. The van der Waals surface area contributed by atoms with Gasteiger partial charge in [-0.15, -0.1) is 0 Å². The molecular weight excluding hydrogens is 459 g/mol. The number of imidazole rings is 2. The second-order valence-electron chi connectivity index (χ2n) is 5.81. The van der Waals surface area contributed by atoms with Gasteiger partial charge in [-0.3, -0.25) is 9.59 Å². The number of aryl methyl sites for hydroxylation is 2. The molecule has 2 N–H and O–H groups in total. The van der Waals surface area contributed by atoms with Gasteiger partial charge in [-0.05, 0) is 28.1 Å². The van der Waals surface area contributed by atoms with E-state index in [0.717, 1.165) is 17.5 Å². The van der Waals surface area contributed by atoms with E-state index < -0.39 is 7.12 Å². The highest BCUT2D eigenvalue weighted by atomic mass is 79.9. The third kappa shape index (κ3) is 6.41. The first kappa shape index (κ1) is 23.1. The molecule has 156 valence electrons. The zero-order valence-corrected chi connectivity index (χ0v) is 17.6. The summed E-state index contributed by atoms with van der Waals surface area (Å²) in [5.41, 5.74) is 2.01. The van der Waals surface area contributed by atoms with E-state index in [1.165, 1.54) is 18.6 Å². The Morgan fingerprint density at radius 2 is 1.57 bits per heavy atom. The molecule has 0 aromatic carbocycles. The van der Waals surface area contributed by atoms with Gasteiger partial charge < -0.3 is 28.0 Å². The smallest absolute Gasteiger partial charge is 0.473 e. The van der Waals surface area contributed by atoms with Crippen LogP contribution in [0.5, 0.6) is 0 Å². The second kappa shape index (κ2) is 11.1. The minimum atomic E-state index is -1.41. The fraction of sp³-hybridized carbons (Fsp3) is 0.111. The Bertz CT molecular complexity index is 1060. The van der Waals surface area contributed by atoms with Gasteiger partial charge in [-0.2, -0.15) is 0 Å². The van der Waals surface area contributed by atoms with Crippen molar-refractivity contribution in [3.8, 4) is 11.3 Å². The van der Waals surface area contributed by atoms with Crippen LogP contribution in [0.3, 0.4) is 0 Å². The van der Waals surface area contributed by atoms with Crippen LogP contribution in [0, 0.1) is 0 Å². The molecule has 4 heterocycles. The lowest BCUT2D eigenvalue weighted by molar-refractivity contribution is 0.110. The summed E-state index contributed by atoms with van der Waals surface area (Å²) in [5.74, 6) is 0.845. The summed E-state index contributed by atoms with van der Waals surface area (Å²) in [6, 6.07) is 3.29. The monoisotopic (exact) mass is 476 g/mol. The number of hydrogen-bond donors (Lipinski definition) is 2. The molecule has 4 aromatic heterocycles. The van der Waals surface area contributed by atoms with Crippen molar-refractivity contribution in [3.05, 3.63) is 65.8 Å². The molecule has 0 saturated heterocycles. The summed E-state index contributed by atoms with van der Waals surface area (Å²) >= 11 is 3.13. The minimum Gasteiger partial charge on any atom is -0.473 e. The highest BCUT2D eigenvalue weighted by molar-refractivity contribution is 9.10. The SMILES string of the molecule is Cn1cc(-c2ccoc2)nc1C=O.Cn1cc(Br)nc1C=O.OB(O)c1ccoc1. The lowest BCUT2D eigenvalue weighted by Gasteiger charge is -1.86. The van der Waals surface area contributed by atoms with Crippen molar-refractivity contribution in [1.29, 1.82) is 0 Å². The van der Waals surface area contributed by atoms with Crippen LogP contribution in [0.1, 0.15) is 21.2 Å². The van der Waals surface area contributed by atoms with Crippen LogP contribution in [0.15, 0.2) is 63.0 Å². The van der Waals surface area contributed by atoms with Gasteiger partial charge in [0.25, 0.3) is 0 Å². The largest absolute Gasteiger partial charge is 0.491 e. The summed E-state index contributed by atoms with van der Waals surface area (Å²) in [6.07, 6.45) is 10.8. The molecule has 0 saturated carbocycles. The normalized spacial score (nSPS) is 9.77. The Kier molecular flexibility index (Phi) is 8.53. The first-order chi connectivity index (χ1) is 14.3. The van der Waals surface area contributed by atoms with E-state index in [-0.39, 0.29) is 0 Å². The minimum absolute atomic E-state index is 0.380. The van der Waals surface area contributed by atoms with Gasteiger partial charge in [0, 0.05) is 37.5 Å². The van der Waals surface area contributed by atoms with Crippen LogP contribution in [0.4, 0.5) is 0 Å². The second-order valence-corrected chi connectivity index (χ2v) is 6.62. The summed E-state index contributed by atoms with van der Waals surface area (Å²) < 4.78 is 13.5. The summed E-state index contributed by atoms with van der Waals surface area (Å²) in [5, 5.41) is 16.8. The molecule has 12 heteroatoms. The number of furan rings is 2. The first-order valence-corrected chi connectivity index (χ1v) is 9.18. The van der Waals surface area contributed by atoms with E-state index in [1.54, 1.807) is 54.2 Å². The molecule has 0 fully saturated rings. The van der Waals surface area contributed by atoms with Gasteiger partial charge in [0.15, 0.2) is 24.2 Å². The van der Waals surface area contributed by atoms with Crippen molar-refractivity contribution in [1.82, 2.24) is 19.1 Å². The molecule has 0 unspecified atom stereocenters. The predicted octanol–water partition coefficient (Wildman–Crippen LogP) is 1.45. The van der Waals surface area contributed by atoms with Crippen molar-refractivity contribution in [2.75, 3.05) is 0 Å². The lowest BCUT2D eigenvalue weighted by atomic mass is 9.83. The number of halogens is 1. The van der Waals surface area contributed by atoms with Crippen LogP contribution in [-0.4, -0.2) is 48.8 Å². The van der Waals surface area contributed by atoms with E-state index in [2.05, 4.69) is 30.3 Å². The zero-order valence-electron chi connectivity index (χ0n) is 16.0. The molecule has 0 aliphatic heterocycles. The highest BCUT2D eigenvalue weighted by Crippen LogP contribution is 2.17. The molecule has 4 aromatic rings. The maximum atomic E-state index is 10.5. The number of aromatic nitrogens is 4. The van der Waals surface area contributed by atoms with Gasteiger partial charge >= 0.3 is 7.12 Å². The maximum Gasteiger partial charge on any atom is 0.491 e. The summed E-state index contributed by atoms with van der Waals surface area (Å²) in [7, 11) is 2.13. The van der Waals surface area contributed by atoms with Crippen molar-refractivity contribution in [2.45, 2.75) is 0 Å². The lowest BCUT2D eigenvalue weighted by Crippen LogP contribution is -2.27. The zero-order chi connectivity index (χ0) is 22.1. The van der Waals surface area contributed by atoms with Crippen molar-refractivity contribution in [2.24, 2.45) is 14.1 Å². The third-order valence-corrected chi connectivity index (χ3v) is 4.05. The van der Waals surface area contributed by atoms with Gasteiger partial charge in [0.05, 0.1) is 30.7 Å². The predicted molar refractivity (Wildman–Crippen MR) is 111 cm³/mol. The van der Waals surface area contributed by atoms with E-state index >= 15 is 0 Å². The molecule has 0 spiro atoms. The fourth-order valence-electron chi connectivity index (χ4n) is 2.11. The third-order valence-electron chi connectivity index (χ3n) is 3.66.